The third kappa shape index (κ3) is 4.73. The van der Waals surface area contributed by atoms with Crippen LogP contribution >= 0.6 is 23.2 Å². The Balaban J connectivity index is 2.58. The van der Waals surface area contributed by atoms with Gasteiger partial charge in [-0.3, -0.25) is 9.59 Å². The summed E-state index contributed by atoms with van der Waals surface area (Å²) in [7, 11) is 1.69. The lowest BCUT2D eigenvalue weighted by Gasteiger charge is -2.25. The second-order valence-electron chi connectivity index (χ2n) is 5.94. The van der Waals surface area contributed by atoms with Crippen molar-refractivity contribution in [2.45, 2.75) is 6.92 Å². The Kier molecular flexibility index (Phi) is 6.98. The summed E-state index contributed by atoms with van der Waals surface area (Å²) in [4.78, 5) is 27.2. The quantitative estimate of drug-likeness (QED) is 0.564. The number of rotatable bonds is 7. The van der Waals surface area contributed by atoms with Crippen molar-refractivity contribution in [1.29, 1.82) is 0 Å². The number of likely N-dealkylation sites (N-methyl/N-ethyl adjacent to an activating group) is 1. The Morgan fingerprint density at radius 3 is 2.42 bits per heavy atom. The molecule has 0 aromatic heterocycles. The van der Waals surface area contributed by atoms with Crippen LogP contribution in [0.3, 0.4) is 0 Å². The summed E-state index contributed by atoms with van der Waals surface area (Å²) in [6.45, 7) is 6.14. The van der Waals surface area contributed by atoms with E-state index in [1.807, 2.05) is 6.92 Å². The second kappa shape index (κ2) is 8.99. The summed E-state index contributed by atoms with van der Waals surface area (Å²) < 4.78 is 0. The van der Waals surface area contributed by atoms with E-state index in [0.29, 0.717) is 33.4 Å². The van der Waals surface area contributed by atoms with Crippen LogP contribution in [-0.4, -0.2) is 31.8 Å². The summed E-state index contributed by atoms with van der Waals surface area (Å²) in [5, 5.41) is 3.59. The van der Waals surface area contributed by atoms with E-state index in [9.17, 15) is 9.59 Å². The number of anilines is 1. The molecule has 0 fully saturated rings. The van der Waals surface area contributed by atoms with Gasteiger partial charge in [0.15, 0.2) is 5.78 Å². The lowest BCUT2D eigenvalue weighted by atomic mass is 10.0. The fourth-order valence-corrected chi connectivity index (χ4v) is 2.93. The number of hydrogen-bond acceptors (Lipinski definition) is 3. The summed E-state index contributed by atoms with van der Waals surface area (Å²) in [6.07, 6.45) is 0. The van der Waals surface area contributed by atoms with Crippen LogP contribution in [0.25, 0.3) is 0 Å². The summed E-state index contributed by atoms with van der Waals surface area (Å²) >= 11 is 12.3. The zero-order valence-electron chi connectivity index (χ0n) is 14.7. The van der Waals surface area contributed by atoms with E-state index in [1.165, 1.54) is 4.90 Å². The Morgan fingerprint density at radius 2 is 1.81 bits per heavy atom. The first kappa shape index (κ1) is 20.2. The highest BCUT2D eigenvalue weighted by Crippen LogP contribution is 2.29. The normalized spacial score (nSPS) is 10.5. The van der Waals surface area contributed by atoms with Crippen molar-refractivity contribution in [3.63, 3.8) is 0 Å². The molecule has 0 unspecified atom stereocenters. The van der Waals surface area contributed by atoms with Crippen LogP contribution in [0.5, 0.6) is 0 Å². The van der Waals surface area contributed by atoms with Crippen molar-refractivity contribution in [3.05, 3.63) is 75.8 Å². The van der Waals surface area contributed by atoms with Crippen LogP contribution < -0.4 is 10.2 Å². The number of nitrogens with one attached hydrogen (secondary N) is 1. The smallest absolute Gasteiger partial charge is 0.241 e. The van der Waals surface area contributed by atoms with Crippen LogP contribution in [0.15, 0.2) is 54.6 Å². The van der Waals surface area contributed by atoms with Gasteiger partial charge in [0.2, 0.25) is 5.91 Å². The standard InChI is InChI=1S/C20H20Cl2N2O2/c1-13(2)12-24(19(25)11-23-3)18-9-8-14(21)10-16(18)20(26)15-6-4-5-7-17(15)22/h4-10,23H,1,11-12H2,2-3H3. The Bertz CT molecular complexity index is 849. The Morgan fingerprint density at radius 1 is 1.12 bits per heavy atom. The molecule has 0 spiro atoms. The first-order chi connectivity index (χ1) is 12.3. The van der Waals surface area contributed by atoms with Gasteiger partial charge in [-0.25, -0.2) is 0 Å². The third-order valence-corrected chi connectivity index (χ3v) is 4.23. The minimum absolute atomic E-state index is 0.135. The predicted octanol–water partition coefficient (Wildman–Crippen LogP) is 4.35. The van der Waals surface area contributed by atoms with Gasteiger partial charge in [0.1, 0.15) is 0 Å². The van der Waals surface area contributed by atoms with E-state index >= 15 is 0 Å². The molecule has 0 aliphatic carbocycles. The van der Waals surface area contributed by atoms with Gasteiger partial charge < -0.3 is 10.2 Å². The van der Waals surface area contributed by atoms with E-state index in [2.05, 4.69) is 11.9 Å². The first-order valence-corrected chi connectivity index (χ1v) is 8.79. The van der Waals surface area contributed by atoms with Crippen molar-refractivity contribution in [1.82, 2.24) is 5.32 Å². The molecule has 4 nitrogen and oxygen atoms in total. The molecule has 0 aliphatic heterocycles. The summed E-state index contributed by atoms with van der Waals surface area (Å²) in [6, 6.07) is 11.7. The molecular weight excluding hydrogens is 371 g/mol. The number of halogens is 2. The maximum atomic E-state index is 13.1. The fraction of sp³-hybridized carbons (Fsp3) is 0.200. The molecule has 6 heteroatoms. The minimum atomic E-state index is -0.294. The van der Waals surface area contributed by atoms with Crippen molar-refractivity contribution in [3.8, 4) is 0 Å². The maximum absolute atomic E-state index is 13.1. The lowest BCUT2D eigenvalue weighted by molar-refractivity contribution is -0.117. The molecule has 0 radical (unpaired) electrons. The van der Waals surface area contributed by atoms with E-state index in [0.717, 1.165) is 5.57 Å². The molecule has 2 rings (SSSR count). The van der Waals surface area contributed by atoms with Crippen molar-refractivity contribution in [2.75, 3.05) is 25.0 Å². The second-order valence-corrected chi connectivity index (χ2v) is 6.78. The van der Waals surface area contributed by atoms with Crippen molar-refractivity contribution < 1.29 is 9.59 Å². The monoisotopic (exact) mass is 390 g/mol. The van der Waals surface area contributed by atoms with Gasteiger partial charge >= 0.3 is 0 Å². The van der Waals surface area contributed by atoms with E-state index < -0.39 is 0 Å². The van der Waals surface area contributed by atoms with Gasteiger partial charge in [-0.1, -0.05) is 47.5 Å². The molecule has 0 saturated carbocycles. The van der Waals surface area contributed by atoms with Crippen molar-refractivity contribution >= 4 is 40.6 Å². The topological polar surface area (TPSA) is 49.4 Å². The Hall–Kier alpha value is -2.14. The molecule has 26 heavy (non-hydrogen) atoms. The van der Waals surface area contributed by atoms with Gasteiger partial charge in [-0.05, 0) is 44.3 Å². The number of hydrogen-bond donors (Lipinski definition) is 1. The average molecular weight is 391 g/mol. The minimum Gasteiger partial charge on any atom is -0.311 e. The number of carbonyl (C=O) groups is 2. The number of nitrogens with zero attached hydrogens (tertiary/aromatic N) is 1. The lowest BCUT2D eigenvalue weighted by Crippen LogP contribution is -2.39. The van der Waals surface area contributed by atoms with Crippen LogP contribution in [0.4, 0.5) is 5.69 Å². The zero-order chi connectivity index (χ0) is 19.3. The van der Waals surface area contributed by atoms with Gasteiger partial charge in [0, 0.05) is 22.7 Å². The van der Waals surface area contributed by atoms with Gasteiger partial charge in [0.25, 0.3) is 0 Å². The van der Waals surface area contributed by atoms with E-state index in [-0.39, 0.29) is 18.2 Å². The molecule has 136 valence electrons. The van der Waals surface area contributed by atoms with Crippen LogP contribution in [0.1, 0.15) is 22.8 Å². The van der Waals surface area contributed by atoms with Gasteiger partial charge in [-0.15, -0.1) is 0 Å². The molecule has 0 atom stereocenters. The molecule has 1 amide bonds. The zero-order valence-corrected chi connectivity index (χ0v) is 16.2. The SMILES string of the molecule is C=C(C)CN(C(=O)CNC)c1ccc(Cl)cc1C(=O)c1ccccc1Cl. The molecule has 2 aromatic rings. The molecule has 0 bridgehead atoms. The van der Waals surface area contributed by atoms with Gasteiger partial charge in [0.05, 0.1) is 17.3 Å². The highest BCUT2D eigenvalue weighted by atomic mass is 35.5. The van der Waals surface area contributed by atoms with E-state index in [1.54, 1.807) is 49.5 Å². The van der Waals surface area contributed by atoms with Crippen molar-refractivity contribution in [2.24, 2.45) is 0 Å². The molecule has 0 aliphatic rings. The van der Waals surface area contributed by atoms with Gasteiger partial charge in [-0.2, -0.15) is 0 Å². The largest absolute Gasteiger partial charge is 0.311 e. The van der Waals surface area contributed by atoms with E-state index in [4.69, 9.17) is 23.2 Å². The number of amides is 1. The summed E-state index contributed by atoms with van der Waals surface area (Å²) in [5.41, 5.74) is 1.94. The molecule has 0 heterocycles. The maximum Gasteiger partial charge on any atom is 0.241 e. The van der Waals surface area contributed by atoms with Crippen LogP contribution in [-0.2, 0) is 4.79 Å². The summed E-state index contributed by atoms with van der Waals surface area (Å²) in [5.74, 6) is -0.469. The highest BCUT2D eigenvalue weighted by molar-refractivity contribution is 6.36. The number of carbonyl (C=O) groups excluding carboxylic acids is 2. The Labute approximate surface area is 163 Å². The number of ketones is 1. The first-order valence-electron chi connectivity index (χ1n) is 8.03. The molecule has 2 aromatic carbocycles. The number of benzene rings is 2. The van der Waals surface area contributed by atoms with Crippen LogP contribution in [0.2, 0.25) is 10.0 Å². The predicted molar refractivity (Wildman–Crippen MR) is 107 cm³/mol. The molecule has 1 N–H and O–H groups in total. The fourth-order valence-electron chi connectivity index (χ4n) is 2.54. The van der Waals surface area contributed by atoms with Crippen LogP contribution in [0, 0.1) is 0 Å². The highest BCUT2D eigenvalue weighted by Gasteiger charge is 2.23. The third-order valence-electron chi connectivity index (χ3n) is 3.67. The molecule has 0 saturated heterocycles. The molecular formula is C20H20Cl2N2O2. The average Bonchev–Trinajstić information content (AvgIpc) is 2.60.